The van der Waals surface area contributed by atoms with Gasteiger partial charge < -0.3 is 19.7 Å². The van der Waals surface area contributed by atoms with Crippen LogP contribution in [0.2, 0.25) is 0 Å². The van der Waals surface area contributed by atoms with Gasteiger partial charge in [0.2, 0.25) is 21.8 Å². The molecule has 2 rings (SSSR count). The minimum Gasteiger partial charge on any atom is -0.497 e. The predicted molar refractivity (Wildman–Crippen MR) is 141 cm³/mol. The van der Waals surface area contributed by atoms with E-state index < -0.39 is 28.5 Å². The molecule has 0 heterocycles. The molecule has 198 valence electrons. The lowest BCUT2D eigenvalue weighted by molar-refractivity contribution is -0.138. The normalized spacial score (nSPS) is 11.9. The minimum absolute atomic E-state index is 0.177. The second-order valence-electron chi connectivity index (χ2n) is 8.45. The van der Waals surface area contributed by atoms with Crippen molar-refractivity contribution in [2.45, 2.75) is 39.2 Å². The van der Waals surface area contributed by atoms with Crippen molar-refractivity contribution in [3.05, 3.63) is 54.1 Å². The summed E-state index contributed by atoms with van der Waals surface area (Å²) in [4.78, 5) is 27.9. The summed E-state index contributed by atoms with van der Waals surface area (Å²) in [5, 5.41) is 2.86. The molecule has 36 heavy (non-hydrogen) atoms. The molecule has 2 amide bonds. The highest BCUT2D eigenvalue weighted by atomic mass is 32.2. The smallest absolute Gasteiger partial charge is 0.244 e. The number of rotatable bonds is 14. The van der Waals surface area contributed by atoms with E-state index in [0.717, 1.165) is 29.0 Å². The fourth-order valence-corrected chi connectivity index (χ4v) is 4.54. The number of hydrogen-bond donors (Lipinski definition) is 1. The van der Waals surface area contributed by atoms with Crippen molar-refractivity contribution in [1.29, 1.82) is 0 Å². The van der Waals surface area contributed by atoms with Crippen LogP contribution < -0.4 is 19.1 Å². The van der Waals surface area contributed by atoms with Gasteiger partial charge in [-0.25, -0.2) is 8.42 Å². The maximum Gasteiger partial charge on any atom is 0.244 e. The van der Waals surface area contributed by atoms with E-state index in [4.69, 9.17) is 9.47 Å². The summed E-state index contributed by atoms with van der Waals surface area (Å²) in [6.45, 7) is 3.94. The highest BCUT2D eigenvalue weighted by Gasteiger charge is 2.31. The lowest BCUT2D eigenvalue weighted by Crippen LogP contribution is -2.52. The summed E-state index contributed by atoms with van der Waals surface area (Å²) >= 11 is 0. The molecule has 1 N–H and O–H groups in total. The molecule has 0 aliphatic heterocycles. The van der Waals surface area contributed by atoms with Crippen LogP contribution in [0.4, 0.5) is 5.69 Å². The fraction of sp³-hybridized carbons (Fsp3) is 0.462. The van der Waals surface area contributed by atoms with Crippen molar-refractivity contribution in [2.24, 2.45) is 0 Å². The highest BCUT2D eigenvalue weighted by Crippen LogP contribution is 2.33. The molecule has 9 nitrogen and oxygen atoms in total. The van der Waals surface area contributed by atoms with E-state index in [2.05, 4.69) is 5.32 Å². The van der Waals surface area contributed by atoms with E-state index in [1.54, 1.807) is 19.1 Å². The van der Waals surface area contributed by atoms with Crippen molar-refractivity contribution in [3.8, 4) is 11.5 Å². The Labute approximate surface area is 214 Å². The number of methoxy groups -OCH3 is 2. The predicted octanol–water partition coefficient (Wildman–Crippen LogP) is 2.85. The summed E-state index contributed by atoms with van der Waals surface area (Å²) in [5.41, 5.74) is 1.18. The largest absolute Gasteiger partial charge is 0.497 e. The van der Waals surface area contributed by atoms with Gasteiger partial charge in [0.15, 0.2) is 0 Å². The first-order valence-electron chi connectivity index (χ1n) is 11.9. The quantitative estimate of drug-likeness (QED) is 0.385. The van der Waals surface area contributed by atoms with Gasteiger partial charge in [0.25, 0.3) is 0 Å². The van der Waals surface area contributed by atoms with Crippen LogP contribution in [0.25, 0.3) is 0 Å². The van der Waals surface area contributed by atoms with Crippen LogP contribution in [-0.4, -0.2) is 71.3 Å². The van der Waals surface area contributed by atoms with Gasteiger partial charge in [-0.05, 0) is 37.5 Å². The summed E-state index contributed by atoms with van der Waals surface area (Å²) in [6, 6.07) is 13.5. The van der Waals surface area contributed by atoms with Crippen molar-refractivity contribution in [2.75, 3.05) is 44.4 Å². The maximum atomic E-state index is 13.6. The fourth-order valence-electron chi connectivity index (χ4n) is 3.69. The van der Waals surface area contributed by atoms with Crippen molar-refractivity contribution < 1.29 is 27.5 Å². The number of nitrogens with one attached hydrogen (secondary N) is 1. The molecule has 0 saturated carbocycles. The number of carbonyl (C=O) groups excluding carboxylic acids is 2. The highest BCUT2D eigenvalue weighted by molar-refractivity contribution is 7.92. The third-order valence-electron chi connectivity index (χ3n) is 5.81. The molecule has 2 aromatic rings. The molecular formula is C26H37N3O6S. The van der Waals surface area contributed by atoms with Crippen molar-refractivity contribution in [3.63, 3.8) is 0 Å². The van der Waals surface area contributed by atoms with Crippen LogP contribution >= 0.6 is 0 Å². The second kappa shape index (κ2) is 13.7. The number of ether oxygens (including phenoxy) is 2. The SMILES string of the molecule is CCCCNC(=O)[C@H](C)N(CCc1ccccc1)C(=O)CN(c1cc(OC)ccc1OC)S(C)(=O)=O. The van der Waals surface area contributed by atoms with Crippen LogP contribution in [0.1, 0.15) is 32.3 Å². The number of amides is 2. The Bertz CT molecular complexity index is 1110. The molecule has 0 aromatic heterocycles. The molecule has 0 spiro atoms. The van der Waals surface area contributed by atoms with Gasteiger partial charge in [-0.3, -0.25) is 13.9 Å². The van der Waals surface area contributed by atoms with Crippen LogP contribution in [0, 0.1) is 0 Å². The van der Waals surface area contributed by atoms with Gasteiger partial charge in [0.1, 0.15) is 24.1 Å². The Morgan fingerprint density at radius 3 is 2.33 bits per heavy atom. The van der Waals surface area contributed by atoms with Crippen molar-refractivity contribution in [1.82, 2.24) is 10.2 Å². The average molecular weight is 520 g/mol. The number of nitrogens with zero attached hydrogens (tertiary/aromatic N) is 2. The third-order valence-corrected chi connectivity index (χ3v) is 6.94. The molecule has 2 aromatic carbocycles. The standard InChI is InChI=1S/C26H37N3O6S/c1-6-7-16-27-26(31)20(2)28(17-15-21-11-9-8-10-12-21)25(30)19-29(36(5,32)33)23-18-22(34-3)13-14-24(23)35-4/h8-14,18,20H,6-7,15-17,19H2,1-5H3,(H,27,31)/t20-/m0/s1. The van der Waals surface area contributed by atoms with Crippen LogP contribution in [0.3, 0.4) is 0 Å². The molecule has 0 fully saturated rings. The van der Waals surface area contributed by atoms with Gasteiger partial charge in [-0.1, -0.05) is 43.7 Å². The molecule has 10 heteroatoms. The summed E-state index contributed by atoms with van der Waals surface area (Å²) in [7, 11) is -1.00. The first-order valence-corrected chi connectivity index (χ1v) is 13.8. The van der Waals surface area contributed by atoms with Gasteiger partial charge in [-0.2, -0.15) is 0 Å². The van der Waals surface area contributed by atoms with Gasteiger partial charge in [-0.15, -0.1) is 0 Å². The average Bonchev–Trinajstić information content (AvgIpc) is 2.86. The monoisotopic (exact) mass is 519 g/mol. The Morgan fingerprint density at radius 1 is 1.06 bits per heavy atom. The Morgan fingerprint density at radius 2 is 1.75 bits per heavy atom. The Balaban J connectivity index is 2.37. The lowest BCUT2D eigenvalue weighted by atomic mass is 10.1. The van der Waals surface area contributed by atoms with Crippen molar-refractivity contribution >= 4 is 27.5 Å². The lowest BCUT2D eigenvalue weighted by Gasteiger charge is -2.32. The van der Waals surface area contributed by atoms with Crippen LogP contribution in [0.5, 0.6) is 11.5 Å². The van der Waals surface area contributed by atoms with E-state index in [1.165, 1.54) is 25.2 Å². The van der Waals surface area contributed by atoms with E-state index >= 15 is 0 Å². The molecule has 0 saturated heterocycles. The number of unbranched alkanes of at least 4 members (excludes halogenated alkanes) is 1. The number of carbonyl (C=O) groups is 2. The van der Waals surface area contributed by atoms with Gasteiger partial charge in [0, 0.05) is 19.2 Å². The summed E-state index contributed by atoms with van der Waals surface area (Å²) in [5.74, 6) is -0.0965. The number of sulfonamides is 1. The topological polar surface area (TPSA) is 105 Å². The van der Waals surface area contributed by atoms with E-state index in [9.17, 15) is 18.0 Å². The molecule has 0 aliphatic carbocycles. The molecule has 0 aliphatic rings. The van der Waals surface area contributed by atoms with Crippen LogP contribution in [-0.2, 0) is 26.0 Å². The summed E-state index contributed by atoms with van der Waals surface area (Å²) < 4.78 is 37.2. The zero-order valence-corrected chi connectivity index (χ0v) is 22.5. The van der Waals surface area contributed by atoms with E-state index in [1.807, 2.05) is 37.3 Å². The summed E-state index contributed by atoms with van der Waals surface area (Å²) in [6.07, 6.45) is 3.29. The first-order chi connectivity index (χ1) is 17.1. The maximum absolute atomic E-state index is 13.6. The molecule has 1 atom stereocenters. The van der Waals surface area contributed by atoms with Crippen LogP contribution in [0.15, 0.2) is 48.5 Å². The zero-order valence-electron chi connectivity index (χ0n) is 21.7. The Hall–Kier alpha value is -3.27. The molecule has 0 radical (unpaired) electrons. The number of anilines is 1. The van der Waals surface area contributed by atoms with Gasteiger partial charge in [0.05, 0.1) is 26.2 Å². The first kappa shape index (κ1) is 29.0. The minimum atomic E-state index is -3.89. The molecule has 0 bridgehead atoms. The molecule has 0 unspecified atom stereocenters. The van der Waals surface area contributed by atoms with E-state index in [0.29, 0.717) is 18.7 Å². The number of hydrogen-bond acceptors (Lipinski definition) is 6. The van der Waals surface area contributed by atoms with Gasteiger partial charge >= 0.3 is 0 Å². The van der Waals surface area contributed by atoms with E-state index in [-0.39, 0.29) is 23.9 Å². The zero-order chi connectivity index (χ0) is 26.7. The second-order valence-corrected chi connectivity index (χ2v) is 10.4. The Kier molecular flexibility index (Phi) is 11.0. The molecular weight excluding hydrogens is 482 g/mol. The third kappa shape index (κ3) is 8.15. The number of benzene rings is 2.